The zero-order valence-corrected chi connectivity index (χ0v) is 15.6. The number of anilines is 1. The number of aromatic nitrogens is 2. The van der Waals surface area contributed by atoms with Gasteiger partial charge in [0.1, 0.15) is 4.83 Å². The summed E-state index contributed by atoms with van der Waals surface area (Å²) in [6, 6.07) is 8.98. The molecule has 0 radical (unpaired) electrons. The molecular formula is C19H20N4O2S. The zero-order chi connectivity index (χ0) is 18.3. The second-order valence-corrected chi connectivity index (χ2v) is 7.60. The van der Waals surface area contributed by atoms with Crippen molar-refractivity contribution in [3.63, 3.8) is 0 Å². The van der Waals surface area contributed by atoms with Crippen LogP contribution in [0.5, 0.6) is 0 Å². The van der Waals surface area contributed by atoms with Gasteiger partial charge in [-0.3, -0.25) is 14.3 Å². The number of fused-ring (bicyclic) bond motifs is 1. The summed E-state index contributed by atoms with van der Waals surface area (Å²) in [5.41, 5.74) is 2.26. The zero-order valence-electron chi connectivity index (χ0n) is 14.8. The molecule has 6 nitrogen and oxygen atoms in total. The summed E-state index contributed by atoms with van der Waals surface area (Å²) in [6.45, 7) is 3.60. The van der Waals surface area contributed by atoms with E-state index in [1.54, 1.807) is 28.9 Å². The number of hydrogen-bond donors (Lipinski definition) is 1. The van der Waals surface area contributed by atoms with E-state index >= 15 is 0 Å². The highest BCUT2D eigenvalue weighted by Crippen LogP contribution is 2.28. The average molecular weight is 368 g/mol. The predicted molar refractivity (Wildman–Crippen MR) is 103 cm³/mol. The van der Waals surface area contributed by atoms with Gasteiger partial charge in [0.25, 0.3) is 11.8 Å². The minimum atomic E-state index is -0.149. The van der Waals surface area contributed by atoms with Crippen molar-refractivity contribution in [2.75, 3.05) is 18.4 Å². The van der Waals surface area contributed by atoms with Crippen LogP contribution < -0.4 is 5.32 Å². The summed E-state index contributed by atoms with van der Waals surface area (Å²) in [6.07, 6.45) is 2.15. The Morgan fingerprint density at radius 3 is 2.50 bits per heavy atom. The Kier molecular flexibility index (Phi) is 4.24. The van der Waals surface area contributed by atoms with Gasteiger partial charge in [0.2, 0.25) is 0 Å². The Morgan fingerprint density at radius 1 is 1.15 bits per heavy atom. The van der Waals surface area contributed by atoms with E-state index in [1.807, 2.05) is 24.9 Å². The Hall–Kier alpha value is -2.67. The molecule has 3 aromatic rings. The summed E-state index contributed by atoms with van der Waals surface area (Å²) in [4.78, 5) is 28.4. The highest BCUT2D eigenvalue weighted by atomic mass is 32.1. The average Bonchev–Trinajstić information content (AvgIpc) is 3.35. The fourth-order valence-electron chi connectivity index (χ4n) is 3.31. The second-order valence-electron chi connectivity index (χ2n) is 6.57. The molecule has 134 valence electrons. The Bertz CT molecular complexity index is 947. The van der Waals surface area contributed by atoms with Crippen molar-refractivity contribution in [1.29, 1.82) is 0 Å². The van der Waals surface area contributed by atoms with Gasteiger partial charge in [-0.2, -0.15) is 5.10 Å². The molecule has 26 heavy (non-hydrogen) atoms. The minimum absolute atomic E-state index is 0.0628. The van der Waals surface area contributed by atoms with Crippen molar-refractivity contribution in [3.8, 4) is 0 Å². The van der Waals surface area contributed by atoms with E-state index in [-0.39, 0.29) is 11.8 Å². The van der Waals surface area contributed by atoms with Crippen LogP contribution in [0.2, 0.25) is 0 Å². The number of hydrogen-bond acceptors (Lipinski definition) is 4. The first-order valence-electron chi connectivity index (χ1n) is 8.67. The van der Waals surface area contributed by atoms with Gasteiger partial charge in [-0.1, -0.05) is 0 Å². The van der Waals surface area contributed by atoms with Crippen molar-refractivity contribution in [3.05, 3.63) is 46.5 Å². The summed E-state index contributed by atoms with van der Waals surface area (Å²) in [7, 11) is 1.88. The number of carbonyl (C=O) groups is 2. The van der Waals surface area contributed by atoms with Crippen LogP contribution in [-0.2, 0) is 7.05 Å². The van der Waals surface area contributed by atoms with Gasteiger partial charge in [-0.05, 0) is 50.1 Å². The maximum Gasteiger partial charge on any atom is 0.265 e. The number of nitrogens with zero attached hydrogens (tertiary/aromatic N) is 3. The number of nitrogens with one attached hydrogen (secondary N) is 1. The molecule has 1 fully saturated rings. The van der Waals surface area contributed by atoms with Gasteiger partial charge in [0, 0.05) is 36.8 Å². The summed E-state index contributed by atoms with van der Waals surface area (Å²) in [5, 5.41) is 8.26. The van der Waals surface area contributed by atoms with Crippen LogP contribution in [0.3, 0.4) is 0 Å². The van der Waals surface area contributed by atoms with E-state index in [0.29, 0.717) is 16.1 Å². The number of aryl methyl sites for hydroxylation is 2. The third-order valence-corrected chi connectivity index (χ3v) is 5.90. The van der Waals surface area contributed by atoms with Gasteiger partial charge in [-0.25, -0.2) is 0 Å². The van der Waals surface area contributed by atoms with Crippen LogP contribution in [-0.4, -0.2) is 39.6 Å². The number of benzene rings is 1. The Morgan fingerprint density at radius 2 is 1.85 bits per heavy atom. The highest BCUT2D eigenvalue weighted by Gasteiger charge is 2.19. The summed E-state index contributed by atoms with van der Waals surface area (Å²) >= 11 is 1.42. The first kappa shape index (κ1) is 16.8. The molecule has 0 spiro atoms. The fourth-order valence-corrected chi connectivity index (χ4v) is 4.33. The van der Waals surface area contributed by atoms with Crippen molar-refractivity contribution in [2.24, 2.45) is 7.05 Å². The predicted octanol–water partition coefficient (Wildman–Crippen LogP) is 3.43. The largest absolute Gasteiger partial charge is 0.339 e. The van der Waals surface area contributed by atoms with Crippen LogP contribution in [0.4, 0.5) is 5.69 Å². The molecule has 1 saturated heterocycles. The molecule has 1 aromatic carbocycles. The molecule has 3 heterocycles. The van der Waals surface area contributed by atoms with E-state index in [4.69, 9.17) is 0 Å². The number of carbonyl (C=O) groups excluding carboxylic acids is 2. The number of rotatable bonds is 3. The van der Waals surface area contributed by atoms with Crippen molar-refractivity contribution >= 4 is 39.1 Å². The molecule has 0 unspecified atom stereocenters. The lowest BCUT2D eigenvalue weighted by Crippen LogP contribution is -2.27. The molecule has 0 bridgehead atoms. The van der Waals surface area contributed by atoms with Gasteiger partial charge < -0.3 is 10.2 Å². The standard InChI is InChI=1S/C19H20N4O2S/c1-12-15-11-16(26-19(15)22(2)21-12)17(24)20-14-7-5-13(6-8-14)18(25)23-9-3-4-10-23/h5-8,11H,3-4,9-10H2,1-2H3,(H,20,24). The quantitative estimate of drug-likeness (QED) is 0.770. The van der Waals surface area contributed by atoms with Gasteiger partial charge in [0.15, 0.2) is 0 Å². The van der Waals surface area contributed by atoms with Gasteiger partial charge in [0.05, 0.1) is 10.6 Å². The van der Waals surface area contributed by atoms with E-state index < -0.39 is 0 Å². The minimum Gasteiger partial charge on any atom is -0.339 e. The maximum atomic E-state index is 12.5. The van der Waals surface area contributed by atoms with E-state index in [1.165, 1.54) is 11.3 Å². The molecule has 0 atom stereocenters. The Balaban J connectivity index is 1.48. The number of amides is 2. The van der Waals surface area contributed by atoms with Crippen molar-refractivity contribution < 1.29 is 9.59 Å². The molecule has 2 amide bonds. The first-order chi connectivity index (χ1) is 12.5. The van der Waals surface area contributed by atoms with E-state index in [2.05, 4.69) is 10.4 Å². The molecule has 1 aliphatic heterocycles. The van der Waals surface area contributed by atoms with E-state index in [0.717, 1.165) is 41.8 Å². The highest BCUT2D eigenvalue weighted by molar-refractivity contribution is 7.20. The fraction of sp³-hybridized carbons (Fsp3) is 0.316. The Labute approximate surface area is 155 Å². The van der Waals surface area contributed by atoms with E-state index in [9.17, 15) is 9.59 Å². The lowest BCUT2D eigenvalue weighted by atomic mass is 10.2. The van der Waals surface area contributed by atoms with Crippen LogP contribution in [0.25, 0.3) is 10.2 Å². The molecular weight excluding hydrogens is 348 g/mol. The monoisotopic (exact) mass is 368 g/mol. The molecule has 0 saturated carbocycles. The number of thiophene rings is 1. The molecule has 1 N–H and O–H groups in total. The lowest BCUT2D eigenvalue weighted by Gasteiger charge is -2.15. The molecule has 0 aliphatic carbocycles. The van der Waals surface area contributed by atoms with Crippen LogP contribution in [0.1, 0.15) is 38.6 Å². The summed E-state index contributed by atoms with van der Waals surface area (Å²) < 4.78 is 1.80. The first-order valence-corrected chi connectivity index (χ1v) is 9.48. The molecule has 4 rings (SSSR count). The molecule has 2 aromatic heterocycles. The third-order valence-electron chi connectivity index (χ3n) is 4.70. The topological polar surface area (TPSA) is 67.2 Å². The number of likely N-dealkylation sites (tertiary alicyclic amines) is 1. The third kappa shape index (κ3) is 2.99. The van der Waals surface area contributed by atoms with Crippen molar-refractivity contribution in [2.45, 2.75) is 19.8 Å². The van der Waals surface area contributed by atoms with Crippen molar-refractivity contribution in [1.82, 2.24) is 14.7 Å². The normalized spacial score (nSPS) is 14.2. The second kappa shape index (κ2) is 6.57. The van der Waals surface area contributed by atoms with Gasteiger partial charge in [-0.15, -0.1) is 11.3 Å². The van der Waals surface area contributed by atoms with Gasteiger partial charge >= 0.3 is 0 Å². The SMILES string of the molecule is Cc1nn(C)c2sc(C(=O)Nc3ccc(C(=O)N4CCCC4)cc3)cc12. The van der Waals surface area contributed by atoms with Crippen LogP contribution >= 0.6 is 11.3 Å². The van der Waals surface area contributed by atoms with Crippen LogP contribution in [0, 0.1) is 6.92 Å². The lowest BCUT2D eigenvalue weighted by molar-refractivity contribution is 0.0792. The molecule has 7 heteroatoms. The maximum absolute atomic E-state index is 12.5. The summed E-state index contributed by atoms with van der Waals surface area (Å²) in [5.74, 6) is -0.0860. The van der Waals surface area contributed by atoms with Crippen LogP contribution in [0.15, 0.2) is 30.3 Å². The smallest absolute Gasteiger partial charge is 0.265 e. The molecule has 1 aliphatic rings.